The molecule has 0 bridgehead atoms. The van der Waals surface area contributed by atoms with Crippen LogP contribution in [0, 0.1) is 0 Å². The van der Waals surface area contributed by atoms with E-state index in [4.69, 9.17) is 14.2 Å². The molecule has 0 atom stereocenters. The molecule has 0 saturated carbocycles. The monoisotopic (exact) mass is 384 g/mol. The van der Waals surface area contributed by atoms with E-state index >= 15 is 0 Å². The highest BCUT2D eigenvalue weighted by Gasteiger charge is 2.18. The maximum Gasteiger partial charge on any atom is 0.222 e. The third-order valence-electron chi connectivity index (χ3n) is 4.77. The largest absolute Gasteiger partial charge is 0.496 e. The van der Waals surface area contributed by atoms with Gasteiger partial charge in [0.05, 0.1) is 14.2 Å². The lowest BCUT2D eigenvalue weighted by atomic mass is 10.2. The molecule has 1 aliphatic rings. The number of amides is 1. The predicted molar refractivity (Wildman–Crippen MR) is 108 cm³/mol. The molecular formula is C22H28N2O4. The van der Waals surface area contributed by atoms with E-state index in [9.17, 15) is 4.79 Å². The lowest BCUT2D eigenvalue weighted by Gasteiger charge is -2.15. The van der Waals surface area contributed by atoms with E-state index in [2.05, 4.69) is 5.32 Å². The average molecular weight is 384 g/mol. The zero-order valence-electron chi connectivity index (χ0n) is 16.6. The zero-order chi connectivity index (χ0) is 19.8. The van der Waals surface area contributed by atoms with Gasteiger partial charge in [-0.3, -0.25) is 4.79 Å². The van der Waals surface area contributed by atoms with E-state index < -0.39 is 0 Å². The predicted octanol–water partition coefficient (Wildman–Crippen LogP) is 3.60. The van der Waals surface area contributed by atoms with Crippen molar-refractivity contribution in [1.29, 1.82) is 0 Å². The molecule has 6 heteroatoms. The Balaban J connectivity index is 1.44. The van der Waals surface area contributed by atoms with E-state index in [1.165, 1.54) is 5.56 Å². The minimum absolute atomic E-state index is 0.296. The van der Waals surface area contributed by atoms with Gasteiger partial charge in [0.1, 0.15) is 23.0 Å². The summed E-state index contributed by atoms with van der Waals surface area (Å²) in [4.78, 5) is 13.5. The van der Waals surface area contributed by atoms with E-state index in [1.54, 1.807) is 20.3 Å². The molecule has 0 aliphatic carbocycles. The van der Waals surface area contributed by atoms with Crippen molar-refractivity contribution < 1.29 is 19.0 Å². The molecule has 1 amide bonds. The Labute approximate surface area is 166 Å². The highest BCUT2D eigenvalue weighted by molar-refractivity contribution is 5.77. The molecule has 0 radical (unpaired) electrons. The van der Waals surface area contributed by atoms with Gasteiger partial charge in [-0.1, -0.05) is 12.1 Å². The normalized spacial score (nSPS) is 13.6. The van der Waals surface area contributed by atoms with Gasteiger partial charge < -0.3 is 24.4 Å². The third-order valence-corrected chi connectivity index (χ3v) is 4.77. The number of rotatable bonds is 10. The summed E-state index contributed by atoms with van der Waals surface area (Å²) in [7, 11) is 3.23. The van der Waals surface area contributed by atoms with Crippen LogP contribution in [0.5, 0.6) is 23.0 Å². The molecule has 2 aromatic rings. The van der Waals surface area contributed by atoms with Crippen molar-refractivity contribution in [3.8, 4) is 23.0 Å². The van der Waals surface area contributed by atoms with Crippen LogP contribution in [0.1, 0.15) is 24.8 Å². The fraction of sp³-hybridized carbons (Fsp3) is 0.409. The summed E-state index contributed by atoms with van der Waals surface area (Å²) < 4.78 is 16.4. The Hall–Kier alpha value is -2.73. The molecule has 6 nitrogen and oxygen atoms in total. The van der Waals surface area contributed by atoms with Crippen LogP contribution in [0.2, 0.25) is 0 Å². The molecule has 1 N–H and O–H groups in total. The topological polar surface area (TPSA) is 60.0 Å². The van der Waals surface area contributed by atoms with Gasteiger partial charge in [0.2, 0.25) is 5.91 Å². The molecule has 0 spiro atoms. The number of hydrogen-bond acceptors (Lipinski definition) is 5. The summed E-state index contributed by atoms with van der Waals surface area (Å²) in [6.45, 7) is 3.45. The van der Waals surface area contributed by atoms with Crippen molar-refractivity contribution in [3.05, 3.63) is 48.0 Å². The van der Waals surface area contributed by atoms with Crippen molar-refractivity contribution in [3.63, 3.8) is 0 Å². The highest BCUT2D eigenvalue weighted by atomic mass is 16.5. The average Bonchev–Trinajstić information content (AvgIpc) is 3.13. The number of methoxy groups -OCH3 is 2. The Bertz CT molecular complexity index is 754. The van der Waals surface area contributed by atoms with Crippen LogP contribution < -0.4 is 19.5 Å². The van der Waals surface area contributed by atoms with Crippen molar-refractivity contribution >= 4 is 5.91 Å². The first-order chi connectivity index (χ1) is 13.7. The van der Waals surface area contributed by atoms with Crippen molar-refractivity contribution in [2.24, 2.45) is 0 Å². The zero-order valence-corrected chi connectivity index (χ0v) is 16.6. The Morgan fingerprint density at radius 1 is 0.964 bits per heavy atom. The molecule has 1 fully saturated rings. The number of carbonyl (C=O) groups is 1. The van der Waals surface area contributed by atoms with Gasteiger partial charge in [0, 0.05) is 44.3 Å². The molecular weight excluding hydrogens is 356 g/mol. The van der Waals surface area contributed by atoms with Crippen molar-refractivity contribution in [2.45, 2.75) is 25.8 Å². The van der Waals surface area contributed by atoms with Crippen molar-refractivity contribution in [1.82, 2.24) is 10.2 Å². The van der Waals surface area contributed by atoms with Crippen LogP contribution in [-0.4, -0.2) is 44.7 Å². The summed E-state index contributed by atoms with van der Waals surface area (Å²) in [5.74, 6) is 3.09. The van der Waals surface area contributed by atoms with Crippen LogP contribution >= 0.6 is 0 Å². The Morgan fingerprint density at radius 3 is 2.25 bits per heavy atom. The van der Waals surface area contributed by atoms with Gasteiger partial charge in [0.25, 0.3) is 0 Å². The second kappa shape index (κ2) is 9.99. The maximum atomic E-state index is 11.6. The highest BCUT2D eigenvalue weighted by Crippen LogP contribution is 2.30. The molecule has 28 heavy (non-hydrogen) atoms. The first-order valence-corrected chi connectivity index (χ1v) is 9.66. The van der Waals surface area contributed by atoms with E-state index in [1.807, 2.05) is 41.3 Å². The fourth-order valence-corrected chi connectivity index (χ4v) is 3.22. The molecule has 3 rings (SSSR count). The number of ether oxygens (including phenoxy) is 3. The number of nitrogens with zero attached hydrogens (tertiary/aromatic N) is 1. The minimum atomic E-state index is 0.296. The molecule has 0 aromatic heterocycles. The van der Waals surface area contributed by atoms with Gasteiger partial charge in [-0.2, -0.15) is 0 Å². The van der Waals surface area contributed by atoms with E-state index in [0.29, 0.717) is 29.6 Å². The Kier molecular flexibility index (Phi) is 7.14. The Morgan fingerprint density at radius 2 is 1.64 bits per heavy atom. The second-order valence-electron chi connectivity index (χ2n) is 6.81. The quantitative estimate of drug-likeness (QED) is 0.634. The molecule has 2 aromatic carbocycles. The van der Waals surface area contributed by atoms with Gasteiger partial charge in [-0.15, -0.1) is 0 Å². The van der Waals surface area contributed by atoms with Crippen molar-refractivity contribution in [2.75, 3.05) is 33.9 Å². The first-order valence-electron chi connectivity index (χ1n) is 9.66. The molecule has 1 heterocycles. The lowest BCUT2D eigenvalue weighted by molar-refractivity contribution is -0.127. The van der Waals surface area contributed by atoms with E-state index in [-0.39, 0.29) is 0 Å². The summed E-state index contributed by atoms with van der Waals surface area (Å²) in [5.41, 5.74) is 1.19. The standard InChI is InChI=1S/C22H28N2O4/c1-26-19-13-20(27-2)15-21(14-19)28-18-8-6-17(7-9-18)16-23-10-4-12-24-11-3-5-22(24)25/h6-9,13-15,23H,3-5,10-12,16H2,1-2H3. The molecule has 1 saturated heterocycles. The van der Waals surface area contributed by atoms with Gasteiger partial charge in [-0.05, 0) is 37.1 Å². The van der Waals surface area contributed by atoms with Gasteiger partial charge in [0.15, 0.2) is 0 Å². The third kappa shape index (κ3) is 5.63. The summed E-state index contributed by atoms with van der Waals surface area (Å²) >= 11 is 0. The number of benzene rings is 2. The van der Waals surface area contributed by atoms with Crippen LogP contribution in [-0.2, 0) is 11.3 Å². The molecule has 0 unspecified atom stereocenters. The summed E-state index contributed by atoms with van der Waals surface area (Å²) in [6.07, 6.45) is 2.69. The van der Waals surface area contributed by atoms with Crippen LogP contribution in [0.25, 0.3) is 0 Å². The fourth-order valence-electron chi connectivity index (χ4n) is 3.22. The number of likely N-dealkylation sites (tertiary alicyclic amines) is 1. The van der Waals surface area contributed by atoms with Crippen LogP contribution in [0.4, 0.5) is 0 Å². The van der Waals surface area contributed by atoms with Gasteiger partial charge >= 0.3 is 0 Å². The van der Waals surface area contributed by atoms with E-state index in [0.717, 1.165) is 44.8 Å². The minimum Gasteiger partial charge on any atom is -0.496 e. The lowest BCUT2D eigenvalue weighted by Crippen LogP contribution is -2.28. The summed E-state index contributed by atoms with van der Waals surface area (Å²) in [5, 5.41) is 3.43. The number of hydrogen-bond donors (Lipinski definition) is 1. The maximum absolute atomic E-state index is 11.6. The number of nitrogens with one attached hydrogen (secondary N) is 1. The SMILES string of the molecule is COc1cc(OC)cc(Oc2ccc(CNCCCN3CCCC3=O)cc2)c1. The number of carbonyl (C=O) groups excluding carboxylic acids is 1. The molecule has 1 aliphatic heterocycles. The smallest absolute Gasteiger partial charge is 0.222 e. The summed E-state index contributed by atoms with van der Waals surface area (Å²) in [6, 6.07) is 13.4. The van der Waals surface area contributed by atoms with Crippen LogP contribution in [0.15, 0.2) is 42.5 Å². The van der Waals surface area contributed by atoms with Gasteiger partial charge in [-0.25, -0.2) is 0 Å². The van der Waals surface area contributed by atoms with Crippen LogP contribution in [0.3, 0.4) is 0 Å². The molecule has 150 valence electrons. The second-order valence-corrected chi connectivity index (χ2v) is 6.81. The first kappa shape index (κ1) is 20.0.